The van der Waals surface area contributed by atoms with E-state index in [0.29, 0.717) is 24.5 Å². The summed E-state index contributed by atoms with van der Waals surface area (Å²) in [5.41, 5.74) is 0.742. The van der Waals surface area contributed by atoms with E-state index in [1.807, 2.05) is 11.8 Å². The summed E-state index contributed by atoms with van der Waals surface area (Å²) >= 11 is 6.00. The fourth-order valence-electron chi connectivity index (χ4n) is 2.56. The second-order valence-electron chi connectivity index (χ2n) is 5.71. The van der Waals surface area contributed by atoms with E-state index >= 15 is 0 Å². The molecule has 0 bridgehead atoms. The third-order valence-electron chi connectivity index (χ3n) is 3.82. The van der Waals surface area contributed by atoms with Crippen molar-refractivity contribution in [2.75, 3.05) is 24.6 Å². The van der Waals surface area contributed by atoms with Gasteiger partial charge in [-0.05, 0) is 30.7 Å². The number of likely N-dealkylation sites (N-methyl/N-ethyl adjacent to an activating group) is 1. The molecule has 23 heavy (non-hydrogen) atoms. The standard InChI is InChI=1S/C15H20ClFN2O3S/c1-2-19(8-11-3-4-12(17)7-14(11)16)9-15(20)18-13-5-6-23(21,22)10-13/h3-4,7,13H,2,5-6,8-10H2,1H3,(H,18,20). The zero-order valence-corrected chi connectivity index (χ0v) is 14.5. The zero-order valence-electron chi connectivity index (χ0n) is 12.9. The number of sulfone groups is 1. The Morgan fingerprint density at radius 3 is 2.78 bits per heavy atom. The van der Waals surface area contributed by atoms with E-state index in [1.165, 1.54) is 12.1 Å². The van der Waals surface area contributed by atoms with Crippen LogP contribution in [0, 0.1) is 5.82 Å². The predicted octanol–water partition coefficient (Wildman–Crippen LogP) is 1.60. The Kier molecular flexibility index (Phi) is 6.00. The molecule has 0 radical (unpaired) electrons. The fourth-order valence-corrected chi connectivity index (χ4v) is 4.46. The molecule has 1 atom stereocenters. The number of carbonyl (C=O) groups is 1. The topological polar surface area (TPSA) is 66.5 Å². The van der Waals surface area contributed by atoms with Crippen molar-refractivity contribution in [2.24, 2.45) is 0 Å². The van der Waals surface area contributed by atoms with Crippen molar-refractivity contribution in [3.05, 3.63) is 34.6 Å². The lowest BCUT2D eigenvalue weighted by molar-refractivity contribution is -0.122. The van der Waals surface area contributed by atoms with Crippen molar-refractivity contribution in [2.45, 2.75) is 25.9 Å². The Labute approximate surface area is 140 Å². The van der Waals surface area contributed by atoms with Crippen molar-refractivity contribution in [3.8, 4) is 0 Å². The molecule has 0 aliphatic carbocycles. The number of hydrogen-bond donors (Lipinski definition) is 1. The Bertz CT molecular complexity index is 681. The molecule has 1 aliphatic heterocycles. The lowest BCUT2D eigenvalue weighted by Gasteiger charge is -2.21. The molecule has 1 saturated heterocycles. The van der Waals surface area contributed by atoms with Crippen LogP contribution in [0.15, 0.2) is 18.2 Å². The number of nitrogens with one attached hydrogen (secondary N) is 1. The first-order chi connectivity index (χ1) is 10.8. The van der Waals surface area contributed by atoms with Gasteiger partial charge in [-0.1, -0.05) is 24.6 Å². The minimum Gasteiger partial charge on any atom is -0.351 e. The van der Waals surface area contributed by atoms with Crippen molar-refractivity contribution in [3.63, 3.8) is 0 Å². The van der Waals surface area contributed by atoms with Crippen LogP contribution in [-0.2, 0) is 21.2 Å². The molecule has 1 N–H and O–H groups in total. The van der Waals surface area contributed by atoms with Crippen LogP contribution in [0.3, 0.4) is 0 Å². The average Bonchev–Trinajstić information content (AvgIpc) is 2.79. The molecule has 1 aromatic carbocycles. The van der Waals surface area contributed by atoms with Gasteiger partial charge < -0.3 is 5.32 Å². The summed E-state index contributed by atoms with van der Waals surface area (Å²) in [6.07, 6.45) is 0.462. The second kappa shape index (κ2) is 7.59. The molecule has 1 amide bonds. The third-order valence-corrected chi connectivity index (χ3v) is 5.94. The van der Waals surface area contributed by atoms with Crippen LogP contribution in [0.25, 0.3) is 0 Å². The quantitative estimate of drug-likeness (QED) is 0.834. The summed E-state index contributed by atoms with van der Waals surface area (Å²) in [7, 11) is -3.01. The van der Waals surface area contributed by atoms with Gasteiger partial charge in [0.2, 0.25) is 5.91 Å². The molecule has 5 nitrogen and oxygen atoms in total. The first kappa shape index (κ1) is 18.2. The van der Waals surface area contributed by atoms with E-state index in [-0.39, 0.29) is 30.0 Å². The Balaban J connectivity index is 1.90. The molecule has 1 aromatic rings. The van der Waals surface area contributed by atoms with Gasteiger partial charge in [0, 0.05) is 17.6 Å². The molecule has 1 fully saturated rings. The summed E-state index contributed by atoms with van der Waals surface area (Å²) in [5, 5.41) is 3.08. The number of halogens is 2. The van der Waals surface area contributed by atoms with Gasteiger partial charge in [-0.25, -0.2) is 12.8 Å². The molecule has 2 rings (SSSR count). The van der Waals surface area contributed by atoms with Crippen LogP contribution in [0.5, 0.6) is 0 Å². The van der Waals surface area contributed by atoms with Gasteiger partial charge >= 0.3 is 0 Å². The summed E-state index contributed by atoms with van der Waals surface area (Å²) in [6.45, 7) is 3.08. The molecule has 0 aromatic heterocycles. The molecule has 0 saturated carbocycles. The third kappa shape index (κ3) is 5.44. The summed E-state index contributed by atoms with van der Waals surface area (Å²) < 4.78 is 35.9. The molecular formula is C15H20ClFN2O3S. The van der Waals surface area contributed by atoms with Gasteiger partial charge in [-0.15, -0.1) is 0 Å². The first-order valence-electron chi connectivity index (χ1n) is 7.45. The van der Waals surface area contributed by atoms with E-state index in [2.05, 4.69) is 5.32 Å². The van der Waals surface area contributed by atoms with Crippen molar-refractivity contribution < 1.29 is 17.6 Å². The highest BCUT2D eigenvalue weighted by molar-refractivity contribution is 7.91. The number of rotatable bonds is 6. The van der Waals surface area contributed by atoms with Crippen LogP contribution < -0.4 is 5.32 Å². The number of nitrogens with zero attached hydrogens (tertiary/aromatic N) is 1. The Hall–Kier alpha value is -1.18. The molecule has 1 heterocycles. The fraction of sp³-hybridized carbons (Fsp3) is 0.533. The Morgan fingerprint density at radius 2 is 2.22 bits per heavy atom. The lowest BCUT2D eigenvalue weighted by atomic mass is 10.2. The highest BCUT2D eigenvalue weighted by Gasteiger charge is 2.29. The minimum absolute atomic E-state index is 0.00859. The van der Waals surface area contributed by atoms with Crippen LogP contribution in [0.4, 0.5) is 4.39 Å². The van der Waals surface area contributed by atoms with Gasteiger partial charge in [-0.2, -0.15) is 0 Å². The average molecular weight is 363 g/mol. The number of carbonyl (C=O) groups excluding carboxylic acids is 1. The number of amides is 1. The minimum atomic E-state index is -3.01. The van der Waals surface area contributed by atoms with Gasteiger partial charge in [0.05, 0.1) is 18.1 Å². The molecule has 128 valence electrons. The zero-order chi connectivity index (χ0) is 17.0. The van der Waals surface area contributed by atoms with E-state index < -0.39 is 15.7 Å². The largest absolute Gasteiger partial charge is 0.351 e. The normalized spacial score (nSPS) is 19.9. The number of benzene rings is 1. The second-order valence-corrected chi connectivity index (χ2v) is 8.34. The van der Waals surface area contributed by atoms with Crippen molar-refractivity contribution >= 4 is 27.3 Å². The Morgan fingerprint density at radius 1 is 1.48 bits per heavy atom. The number of hydrogen-bond acceptors (Lipinski definition) is 4. The summed E-state index contributed by atoms with van der Waals surface area (Å²) in [6, 6.07) is 3.87. The summed E-state index contributed by atoms with van der Waals surface area (Å²) in [4.78, 5) is 13.9. The van der Waals surface area contributed by atoms with E-state index in [1.54, 1.807) is 6.07 Å². The highest BCUT2D eigenvalue weighted by Crippen LogP contribution is 2.19. The van der Waals surface area contributed by atoms with Crippen molar-refractivity contribution in [1.82, 2.24) is 10.2 Å². The maximum absolute atomic E-state index is 13.1. The van der Waals surface area contributed by atoms with E-state index in [9.17, 15) is 17.6 Å². The molecule has 8 heteroatoms. The maximum Gasteiger partial charge on any atom is 0.234 e. The van der Waals surface area contributed by atoms with E-state index in [4.69, 9.17) is 11.6 Å². The first-order valence-corrected chi connectivity index (χ1v) is 9.65. The van der Waals surface area contributed by atoms with Gasteiger partial charge in [0.25, 0.3) is 0 Å². The molecular weight excluding hydrogens is 343 g/mol. The van der Waals surface area contributed by atoms with Gasteiger partial charge in [0.15, 0.2) is 9.84 Å². The molecule has 1 unspecified atom stereocenters. The van der Waals surface area contributed by atoms with Gasteiger partial charge in [-0.3, -0.25) is 9.69 Å². The predicted molar refractivity (Wildman–Crippen MR) is 87.6 cm³/mol. The lowest BCUT2D eigenvalue weighted by Crippen LogP contribution is -2.42. The van der Waals surface area contributed by atoms with Crippen LogP contribution in [0.1, 0.15) is 18.9 Å². The summed E-state index contributed by atoms with van der Waals surface area (Å²) in [5.74, 6) is -0.482. The highest BCUT2D eigenvalue weighted by atomic mass is 35.5. The van der Waals surface area contributed by atoms with E-state index in [0.717, 1.165) is 5.56 Å². The molecule has 1 aliphatic rings. The smallest absolute Gasteiger partial charge is 0.234 e. The van der Waals surface area contributed by atoms with Crippen LogP contribution in [-0.4, -0.2) is 49.9 Å². The van der Waals surface area contributed by atoms with Gasteiger partial charge in [0.1, 0.15) is 5.82 Å². The monoisotopic (exact) mass is 362 g/mol. The molecule has 0 spiro atoms. The van der Waals surface area contributed by atoms with Crippen molar-refractivity contribution in [1.29, 1.82) is 0 Å². The van der Waals surface area contributed by atoms with Crippen LogP contribution in [0.2, 0.25) is 5.02 Å². The van der Waals surface area contributed by atoms with Crippen LogP contribution >= 0.6 is 11.6 Å². The maximum atomic E-state index is 13.1. The SMILES string of the molecule is CCN(CC(=O)NC1CCS(=O)(=O)C1)Cc1ccc(F)cc1Cl.